The van der Waals surface area contributed by atoms with E-state index in [2.05, 4.69) is 24.1 Å². The normalized spacial score (nSPS) is 10.8. The number of hydrogen-bond donors (Lipinski definition) is 1. The van der Waals surface area contributed by atoms with E-state index in [1.807, 2.05) is 49.4 Å². The Hall–Kier alpha value is -2.75. The molecule has 0 bridgehead atoms. The molecule has 1 amide bonds. The Morgan fingerprint density at radius 1 is 1.04 bits per heavy atom. The van der Waals surface area contributed by atoms with E-state index in [0.29, 0.717) is 5.76 Å². The fourth-order valence-corrected chi connectivity index (χ4v) is 2.81. The zero-order chi connectivity index (χ0) is 17.1. The van der Waals surface area contributed by atoms with E-state index >= 15 is 0 Å². The molecule has 1 heterocycles. The zero-order valence-electron chi connectivity index (χ0n) is 14.3. The van der Waals surface area contributed by atoms with Gasteiger partial charge in [-0.2, -0.15) is 0 Å². The molecule has 0 aliphatic rings. The second-order valence-electron chi connectivity index (χ2n) is 5.83. The van der Waals surface area contributed by atoms with Gasteiger partial charge in [0.15, 0.2) is 5.76 Å². The first-order valence-corrected chi connectivity index (χ1v) is 8.27. The minimum Gasteiger partial charge on any atom is -0.451 e. The molecule has 0 atom stereocenters. The summed E-state index contributed by atoms with van der Waals surface area (Å²) in [4.78, 5) is 14.6. The third-order valence-electron chi connectivity index (χ3n) is 4.15. The molecular formula is C20H22N2O2. The number of benzene rings is 2. The smallest absolute Gasteiger partial charge is 0.291 e. The van der Waals surface area contributed by atoms with E-state index < -0.39 is 0 Å². The van der Waals surface area contributed by atoms with Crippen molar-refractivity contribution >= 4 is 28.3 Å². The summed E-state index contributed by atoms with van der Waals surface area (Å²) in [5.41, 5.74) is 3.77. The van der Waals surface area contributed by atoms with Crippen LogP contribution in [0.25, 0.3) is 11.0 Å². The highest BCUT2D eigenvalue weighted by Crippen LogP contribution is 2.22. The highest BCUT2D eigenvalue weighted by atomic mass is 16.3. The Bertz CT molecular complexity index is 846. The second-order valence-corrected chi connectivity index (χ2v) is 5.83. The van der Waals surface area contributed by atoms with Gasteiger partial charge in [0.1, 0.15) is 5.58 Å². The highest BCUT2D eigenvalue weighted by Gasteiger charge is 2.13. The number of anilines is 2. The topological polar surface area (TPSA) is 45.5 Å². The standard InChI is InChI=1S/C20H22N2O2/c1-4-22(5-2)17-9-7-16(8-10-17)21-20(23)19-13-15-12-14(3)6-11-18(15)24-19/h6-13H,4-5H2,1-3H3,(H,21,23). The van der Waals surface area contributed by atoms with Crippen LogP contribution in [0.5, 0.6) is 0 Å². The van der Waals surface area contributed by atoms with Gasteiger partial charge in [0, 0.05) is 29.9 Å². The molecule has 0 aliphatic carbocycles. The van der Waals surface area contributed by atoms with Crippen LogP contribution in [0.3, 0.4) is 0 Å². The Morgan fingerprint density at radius 3 is 2.42 bits per heavy atom. The van der Waals surface area contributed by atoms with E-state index in [1.54, 1.807) is 6.07 Å². The molecule has 3 aromatic rings. The van der Waals surface area contributed by atoms with E-state index in [1.165, 1.54) is 0 Å². The molecule has 0 spiro atoms. The van der Waals surface area contributed by atoms with Crippen molar-refractivity contribution in [3.63, 3.8) is 0 Å². The number of hydrogen-bond acceptors (Lipinski definition) is 3. The SMILES string of the molecule is CCN(CC)c1ccc(NC(=O)c2cc3cc(C)ccc3o2)cc1. The second kappa shape index (κ2) is 6.79. The van der Waals surface area contributed by atoms with Gasteiger partial charge in [-0.3, -0.25) is 4.79 Å². The van der Waals surface area contributed by atoms with Crippen LogP contribution >= 0.6 is 0 Å². The molecule has 0 radical (unpaired) electrons. The first-order valence-electron chi connectivity index (χ1n) is 8.27. The molecule has 124 valence electrons. The molecule has 0 saturated heterocycles. The van der Waals surface area contributed by atoms with Crippen LogP contribution in [-0.2, 0) is 0 Å². The molecule has 1 N–H and O–H groups in total. The summed E-state index contributed by atoms with van der Waals surface area (Å²) in [6, 6.07) is 15.5. The zero-order valence-corrected chi connectivity index (χ0v) is 14.3. The van der Waals surface area contributed by atoms with Crippen LogP contribution in [0.15, 0.2) is 52.9 Å². The molecule has 2 aromatic carbocycles. The van der Waals surface area contributed by atoms with E-state index in [4.69, 9.17) is 4.42 Å². The molecular weight excluding hydrogens is 300 g/mol. The lowest BCUT2D eigenvalue weighted by atomic mass is 10.2. The van der Waals surface area contributed by atoms with Gasteiger partial charge in [-0.25, -0.2) is 0 Å². The van der Waals surface area contributed by atoms with Gasteiger partial charge in [0.25, 0.3) is 5.91 Å². The first kappa shape index (κ1) is 16.1. The van der Waals surface area contributed by atoms with Crippen molar-refractivity contribution in [2.75, 3.05) is 23.3 Å². The molecule has 0 saturated carbocycles. The minimum atomic E-state index is -0.237. The number of amides is 1. The Morgan fingerprint density at radius 2 is 1.75 bits per heavy atom. The van der Waals surface area contributed by atoms with Crippen LogP contribution in [0.1, 0.15) is 30.0 Å². The lowest BCUT2D eigenvalue weighted by Crippen LogP contribution is -2.21. The van der Waals surface area contributed by atoms with E-state index in [9.17, 15) is 4.79 Å². The van der Waals surface area contributed by atoms with Gasteiger partial charge in [0.05, 0.1) is 0 Å². The predicted octanol–water partition coefficient (Wildman–Crippen LogP) is 4.84. The molecule has 24 heavy (non-hydrogen) atoms. The summed E-state index contributed by atoms with van der Waals surface area (Å²) in [6.07, 6.45) is 0. The number of carbonyl (C=O) groups excluding carboxylic acids is 1. The third kappa shape index (κ3) is 3.27. The number of rotatable bonds is 5. The van der Waals surface area contributed by atoms with Crippen molar-refractivity contribution in [3.8, 4) is 0 Å². The Kier molecular flexibility index (Phi) is 4.56. The van der Waals surface area contributed by atoms with Crippen LogP contribution in [-0.4, -0.2) is 19.0 Å². The molecule has 0 unspecified atom stereocenters. The van der Waals surface area contributed by atoms with Gasteiger partial charge in [-0.05, 0) is 63.2 Å². The number of aryl methyl sites for hydroxylation is 1. The van der Waals surface area contributed by atoms with Gasteiger partial charge >= 0.3 is 0 Å². The van der Waals surface area contributed by atoms with Crippen LogP contribution in [0, 0.1) is 6.92 Å². The van der Waals surface area contributed by atoms with Crippen molar-refractivity contribution in [3.05, 3.63) is 59.9 Å². The molecule has 0 fully saturated rings. The average molecular weight is 322 g/mol. The summed E-state index contributed by atoms with van der Waals surface area (Å²) in [7, 11) is 0. The number of nitrogens with zero attached hydrogens (tertiary/aromatic N) is 1. The summed E-state index contributed by atoms with van der Waals surface area (Å²) < 4.78 is 5.63. The minimum absolute atomic E-state index is 0.237. The maximum atomic E-state index is 12.4. The fourth-order valence-electron chi connectivity index (χ4n) is 2.81. The maximum Gasteiger partial charge on any atom is 0.291 e. The lowest BCUT2D eigenvalue weighted by Gasteiger charge is -2.21. The molecule has 1 aromatic heterocycles. The summed E-state index contributed by atoms with van der Waals surface area (Å²) in [6.45, 7) is 8.19. The number of furan rings is 1. The Labute approximate surface area is 142 Å². The van der Waals surface area contributed by atoms with E-state index in [0.717, 1.165) is 41.0 Å². The summed E-state index contributed by atoms with van der Waals surface area (Å²) in [5, 5.41) is 3.83. The van der Waals surface area contributed by atoms with Crippen LogP contribution < -0.4 is 10.2 Å². The molecule has 3 rings (SSSR count). The third-order valence-corrected chi connectivity index (χ3v) is 4.15. The van der Waals surface area contributed by atoms with Crippen molar-refractivity contribution in [1.82, 2.24) is 0 Å². The van der Waals surface area contributed by atoms with Gasteiger partial charge in [-0.1, -0.05) is 11.6 Å². The average Bonchev–Trinajstić information content (AvgIpc) is 3.00. The van der Waals surface area contributed by atoms with Gasteiger partial charge in [0.2, 0.25) is 0 Å². The lowest BCUT2D eigenvalue weighted by molar-refractivity contribution is 0.0998. The monoisotopic (exact) mass is 322 g/mol. The number of fused-ring (bicyclic) bond motifs is 1. The highest BCUT2D eigenvalue weighted by molar-refractivity contribution is 6.04. The van der Waals surface area contributed by atoms with Crippen LogP contribution in [0.4, 0.5) is 11.4 Å². The maximum absolute atomic E-state index is 12.4. The van der Waals surface area contributed by atoms with Crippen molar-refractivity contribution < 1.29 is 9.21 Å². The van der Waals surface area contributed by atoms with Crippen molar-refractivity contribution in [2.45, 2.75) is 20.8 Å². The predicted molar refractivity (Wildman–Crippen MR) is 98.9 cm³/mol. The van der Waals surface area contributed by atoms with Crippen molar-refractivity contribution in [1.29, 1.82) is 0 Å². The van der Waals surface area contributed by atoms with Crippen molar-refractivity contribution in [2.24, 2.45) is 0 Å². The Balaban J connectivity index is 1.76. The van der Waals surface area contributed by atoms with E-state index in [-0.39, 0.29) is 5.91 Å². The largest absolute Gasteiger partial charge is 0.451 e. The van der Waals surface area contributed by atoms with Crippen LogP contribution in [0.2, 0.25) is 0 Å². The quantitative estimate of drug-likeness (QED) is 0.731. The number of carbonyl (C=O) groups is 1. The summed E-state index contributed by atoms with van der Waals surface area (Å²) in [5.74, 6) is 0.0860. The summed E-state index contributed by atoms with van der Waals surface area (Å²) >= 11 is 0. The first-order chi connectivity index (χ1) is 11.6. The van der Waals surface area contributed by atoms with Gasteiger partial charge < -0.3 is 14.6 Å². The number of nitrogens with one attached hydrogen (secondary N) is 1. The molecule has 4 heteroatoms. The van der Waals surface area contributed by atoms with Gasteiger partial charge in [-0.15, -0.1) is 0 Å². The molecule has 0 aliphatic heterocycles. The molecule has 4 nitrogen and oxygen atoms in total. The fraction of sp³-hybridized carbons (Fsp3) is 0.250.